The second-order valence-electron chi connectivity index (χ2n) is 9.04. The number of anilines is 1. The van der Waals surface area contributed by atoms with Crippen molar-refractivity contribution in [3.05, 3.63) is 42.0 Å². The van der Waals surface area contributed by atoms with Crippen LogP contribution in [-0.4, -0.2) is 55.9 Å². The summed E-state index contributed by atoms with van der Waals surface area (Å²) in [5.41, 5.74) is 2.11. The minimum absolute atomic E-state index is 0.155. The number of hydrogen-bond acceptors (Lipinski definition) is 7. The van der Waals surface area contributed by atoms with Gasteiger partial charge in [0.1, 0.15) is 0 Å². The Balaban J connectivity index is 2.04. The van der Waals surface area contributed by atoms with Gasteiger partial charge in [-0.25, -0.2) is 4.98 Å². The molecule has 1 aromatic heterocycles. The second kappa shape index (κ2) is 10.5. The molecule has 0 unspecified atom stereocenters. The van der Waals surface area contributed by atoms with Gasteiger partial charge >= 0.3 is 5.97 Å². The summed E-state index contributed by atoms with van der Waals surface area (Å²) < 4.78 is 24.2. The molecule has 9 nitrogen and oxygen atoms in total. The maximum absolute atomic E-state index is 14.0. The molecule has 36 heavy (non-hydrogen) atoms. The first-order valence-corrected chi connectivity index (χ1v) is 12.1. The third-order valence-electron chi connectivity index (χ3n) is 6.47. The van der Waals surface area contributed by atoms with Crippen LogP contribution in [0.15, 0.2) is 36.4 Å². The Morgan fingerprint density at radius 3 is 2.39 bits per heavy atom. The monoisotopic (exact) mass is 495 g/mol. The Kier molecular flexibility index (Phi) is 7.37. The number of benzene rings is 2. The molecule has 9 heteroatoms. The van der Waals surface area contributed by atoms with E-state index in [-0.39, 0.29) is 12.5 Å². The Hall–Kier alpha value is -3.75. The Morgan fingerprint density at radius 1 is 1.03 bits per heavy atom. The summed E-state index contributed by atoms with van der Waals surface area (Å²) in [6.45, 7) is 6.51. The van der Waals surface area contributed by atoms with Crippen molar-refractivity contribution in [2.75, 3.05) is 39.4 Å². The molecule has 0 saturated heterocycles. The predicted molar refractivity (Wildman–Crippen MR) is 136 cm³/mol. The number of carbonyl (C=O) groups is 2. The molecule has 0 fully saturated rings. The second-order valence-corrected chi connectivity index (χ2v) is 9.04. The van der Waals surface area contributed by atoms with Gasteiger partial charge in [-0.3, -0.25) is 14.5 Å². The molecule has 3 aromatic rings. The van der Waals surface area contributed by atoms with Crippen molar-refractivity contribution >= 4 is 28.9 Å². The molecular weight excluding hydrogens is 462 g/mol. The Bertz CT molecular complexity index is 1270. The molecule has 2 heterocycles. The highest BCUT2D eigenvalue weighted by atomic mass is 16.5. The van der Waals surface area contributed by atoms with Crippen LogP contribution in [0.5, 0.6) is 17.2 Å². The van der Waals surface area contributed by atoms with Crippen LogP contribution < -0.4 is 19.1 Å². The van der Waals surface area contributed by atoms with Crippen LogP contribution in [0.1, 0.15) is 38.8 Å². The van der Waals surface area contributed by atoms with E-state index < -0.39 is 17.9 Å². The molecule has 0 bridgehead atoms. The first kappa shape index (κ1) is 25.3. The van der Waals surface area contributed by atoms with Crippen LogP contribution in [0.25, 0.3) is 11.0 Å². The molecule has 0 spiro atoms. The fourth-order valence-corrected chi connectivity index (χ4v) is 4.78. The van der Waals surface area contributed by atoms with E-state index in [0.29, 0.717) is 41.2 Å². The highest BCUT2D eigenvalue weighted by Crippen LogP contribution is 2.49. The Morgan fingerprint density at radius 2 is 1.75 bits per heavy atom. The molecule has 0 radical (unpaired) electrons. The van der Waals surface area contributed by atoms with E-state index in [1.54, 1.807) is 24.0 Å². The van der Waals surface area contributed by atoms with Gasteiger partial charge in [-0.05, 0) is 43.5 Å². The third-order valence-corrected chi connectivity index (χ3v) is 6.47. The van der Waals surface area contributed by atoms with Crippen molar-refractivity contribution in [3.63, 3.8) is 0 Å². The summed E-state index contributed by atoms with van der Waals surface area (Å²) >= 11 is 0. The van der Waals surface area contributed by atoms with Gasteiger partial charge in [0.25, 0.3) is 0 Å². The van der Waals surface area contributed by atoms with E-state index in [0.717, 1.165) is 17.5 Å². The van der Waals surface area contributed by atoms with Gasteiger partial charge in [-0.15, -0.1) is 0 Å². The molecule has 0 aliphatic carbocycles. The molecule has 2 aromatic carbocycles. The maximum Gasteiger partial charge on any atom is 0.321 e. The van der Waals surface area contributed by atoms with Gasteiger partial charge in [0.05, 0.1) is 45.0 Å². The number of fused-ring (bicyclic) bond motifs is 3. The van der Waals surface area contributed by atoms with Gasteiger partial charge in [-0.2, -0.15) is 0 Å². The summed E-state index contributed by atoms with van der Waals surface area (Å²) in [6.07, 6.45) is 0.759. The molecule has 1 aliphatic heterocycles. The number of amides is 1. The molecule has 0 N–H and O–H groups in total. The molecular formula is C27H33N3O6. The number of carbonyl (C=O) groups excluding carboxylic acids is 2. The number of para-hydroxylation sites is 2. The lowest BCUT2D eigenvalue weighted by Gasteiger charge is -2.38. The van der Waals surface area contributed by atoms with Crippen LogP contribution in [0.2, 0.25) is 0 Å². The lowest BCUT2D eigenvalue weighted by atomic mass is 9.88. The molecule has 4 rings (SSSR count). The summed E-state index contributed by atoms with van der Waals surface area (Å²) in [4.78, 5) is 33.9. The predicted octanol–water partition coefficient (Wildman–Crippen LogP) is 4.22. The number of hydrogen-bond donors (Lipinski definition) is 0. The number of nitrogens with zero attached hydrogens (tertiary/aromatic N) is 3. The van der Waals surface area contributed by atoms with Gasteiger partial charge in [0, 0.05) is 12.1 Å². The normalized spacial score (nSPS) is 17.3. The average molecular weight is 496 g/mol. The summed E-state index contributed by atoms with van der Waals surface area (Å²) in [7, 11) is 4.58. The zero-order chi connectivity index (χ0) is 26.0. The van der Waals surface area contributed by atoms with Crippen LogP contribution in [-0.2, 0) is 14.3 Å². The molecule has 192 valence electrons. The van der Waals surface area contributed by atoms with Crippen LogP contribution >= 0.6 is 0 Å². The number of ether oxygens (including phenoxy) is 4. The van der Waals surface area contributed by atoms with E-state index in [4.69, 9.17) is 23.9 Å². The lowest BCUT2D eigenvalue weighted by molar-refractivity contribution is -0.153. The fourth-order valence-electron chi connectivity index (χ4n) is 4.78. The standard InChI is InChI=1S/C27H33N3O6/c1-7-36-26(32)21-22(17-12-13-20(33-4)24(35-6)23(17)34-5)30-19-11-9-8-10-18(19)28-27(30)29(25(21)31)15-14-16(2)3/h8-13,16,21-22H,7,14-15H2,1-6H3/t21-,22+/m1/s1. The average Bonchev–Trinajstić information content (AvgIpc) is 3.25. The highest BCUT2D eigenvalue weighted by Gasteiger charge is 2.49. The van der Waals surface area contributed by atoms with Crippen molar-refractivity contribution in [2.24, 2.45) is 11.8 Å². The van der Waals surface area contributed by atoms with Crippen LogP contribution in [0.3, 0.4) is 0 Å². The van der Waals surface area contributed by atoms with Crippen LogP contribution in [0, 0.1) is 11.8 Å². The van der Waals surface area contributed by atoms with E-state index in [1.165, 1.54) is 21.3 Å². The molecule has 1 amide bonds. The molecule has 1 aliphatic rings. The summed E-state index contributed by atoms with van der Waals surface area (Å²) in [5, 5.41) is 0. The van der Waals surface area contributed by atoms with Crippen molar-refractivity contribution in [1.29, 1.82) is 0 Å². The highest BCUT2D eigenvalue weighted by molar-refractivity contribution is 6.08. The minimum atomic E-state index is -1.14. The zero-order valence-corrected chi connectivity index (χ0v) is 21.6. The first-order chi connectivity index (χ1) is 17.4. The van der Waals surface area contributed by atoms with E-state index >= 15 is 0 Å². The smallest absolute Gasteiger partial charge is 0.321 e. The van der Waals surface area contributed by atoms with Crippen molar-refractivity contribution in [1.82, 2.24) is 9.55 Å². The summed E-state index contributed by atoms with van der Waals surface area (Å²) in [6, 6.07) is 10.4. The first-order valence-electron chi connectivity index (χ1n) is 12.1. The lowest BCUT2D eigenvalue weighted by Crippen LogP contribution is -2.50. The van der Waals surface area contributed by atoms with Gasteiger partial charge in [-0.1, -0.05) is 26.0 Å². The van der Waals surface area contributed by atoms with Gasteiger partial charge in [0.2, 0.25) is 17.6 Å². The van der Waals surface area contributed by atoms with E-state index in [1.807, 2.05) is 28.8 Å². The van der Waals surface area contributed by atoms with Crippen molar-refractivity contribution in [3.8, 4) is 17.2 Å². The number of rotatable bonds is 9. The Labute approximate surface area is 210 Å². The zero-order valence-electron chi connectivity index (χ0n) is 21.6. The van der Waals surface area contributed by atoms with Crippen molar-refractivity contribution < 1.29 is 28.5 Å². The number of imidazole rings is 1. The van der Waals surface area contributed by atoms with Crippen molar-refractivity contribution in [2.45, 2.75) is 33.2 Å². The molecule has 2 atom stereocenters. The maximum atomic E-state index is 14.0. The number of methoxy groups -OCH3 is 3. The topological polar surface area (TPSA) is 92.1 Å². The quantitative estimate of drug-likeness (QED) is 0.324. The summed E-state index contributed by atoms with van der Waals surface area (Å²) in [5.74, 6) is -0.00822. The third kappa shape index (κ3) is 4.23. The van der Waals surface area contributed by atoms with Gasteiger partial charge in [0.15, 0.2) is 17.4 Å². The number of esters is 1. The minimum Gasteiger partial charge on any atom is -0.493 e. The molecule has 0 saturated carbocycles. The van der Waals surface area contributed by atoms with Gasteiger partial charge < -0.3 is 23.5 Å². The number of aromatic nitrogens is 2. The SMILES string of the molecule is CCOC(=O)[C@H]1C(=O)N(CCC(C)C)c2nc3ccccc3n2[C@H]1c1ccc(OC)c(OC)c1OC. The van der Waals surface area contributed by atoms with E-state index in [9.17, 15) is 9.59 Å². The van der Waals surface area contributed by atoms with E-state index in [2.05, 4.69) is 13.8 Å². The van der Waals surface area contributed by atoms with Crippen LogP contribution in [0.4, 0.5) is 5.95 Å². The fraction of sp³-hybridized carbons (Fsp3) is 0.444. The largest absolute Gasteiger partial charge is 0.493 e.